The molecule has 0 saturated carbocycles. The van der Waals surface area contributed by atoms with Gasteiger partial charge < -0.3 is 10.7 Å². The number of nitrogens with zero attached hydrogens (tertiary/aromatic N) is 4. The first-order chi connectivity index (χ1) is 9.15. The van der Waals surface area contributed by atoms with E-state index in [9.17, 15) is 4.79 Å². The molecule has 1 atom stereocenters. The van der Waals surface area contributed by atoms with Crippen LogP contribution in [0.5, 0.6) is 0 Å². The minimum absolute atomic E-state index is 0.152. The van der Waals surface area contributed by atoms with Crippen molar-refractivity contribution in [2.45, 2.75) is 26.3 Å². The van der Waals surface area contributed by atoms with Crippen LogP contribution >= 0.6 is 0 Å². The number of hydrogen-bond donors (Lipinski definition) is 1. The molecule has 0 aromatic carbocycles. The molecule has 6 heteroatoms. The van der Waals surface area contributed by atoms with E-state index in [4.69, 9.17) is 5.84 Å². The monoisotopic (exact) mass is 259 g/mol. The zero-order chi connectivity index (χ0) is 13.8. The summed E-state index contributed by atoms with van der Waals surface area (Å²) in [4.78, 5) is 21.3. The summed E-state index contributed by atoms with van der Waals surface area (Å²) in [6.07, 6.45) is 3.22. The molecule has 1 aromatic heterocycles. The summed E-state index contributed by atoms with van der Waals surface area (Å²) in [5.41, 5.74) is 2.52. The molecule has 1 aliphatic rings. The van der Waals surface area contributed by atoms with Gasteiger partial charge in [-0.2, -0.15) is 5.10 Å². The topological polar surface area (TPSA) is 83.9 Å². The minimum Gasteiger partial charge on any atom is -0.336 e. The molecular weight excluding hydrogens is 242 g/mol. The first-order valence-electron chi connectivity index (χ1n) is 6.15. The van der Waals surface area contributed by atoms with Gasteiger partial charge in [0.25, 0.3) is 0 Å². The van der Waals surface area contributed by atoms with Gasteiger partial charge in [-0.25, -0.2) is 9.98 Å². The molecule has 2 heterocycles. The van der Waals surface area contributed by atoms with Gasteiger partial charge in [0.05, 0.1) is 11.8 Å². The summed E-state index contributed by atoms with van der Waals surface area (Å²) >= 11 is 0. The van der Waals surface area contributed by atoms with Crippen molar-refractivity contribution >= 4 is 23.7 Å². The number of aromatic nitrogens is 1. The summed E-state index contributed by atoms with van der Waals surface area (Å²) in [5.74, 6) is 6.06. The summed E-state index contributed by atoms with van der Waals surface area (Å²) in [5, 5.41) is 3.78. The SMILES string of the molecule is Cc1ccc(N=C2CCN(C=O)C(C)C2=NN)nc1. The van der Waals surface area contributed by atoms with Gasteiger partial charge in [-0.1, -0.05) is 6.07 Å². The Kier molecular flexibility index (Phi) is 3.89. The van der Waals surface area contributed by atoms with E-state index in [0.29, 0.717) is 24.5 Å². The molecule has 1 aromatic rings. The number of aliphatic imine (C=N–C) groups is 1. The number of aryl methyl sites for hydroxylation is 1. The Labute approximate surface area is 112 Å². The number of nitrogens with two attached hydrogens (primary N) is 1. The number of likely N-dealkylation sites (tertiary alicyclic amines) is 1. The van der Waals surface area contributed by atoms with E-state index in [0.717, 1.165) is 17.7 Å². The van der Waals surface area contributed by atoms with Crippen molar-refractivity contribution < 1.29 is 4.79 Å². The Balaban J connectivity index is 2.29. The number of carbonyl (C=O) groups excluding carboxylic acids is 1. The quantitative estimate of drug-likeness (QED) is 0.489. The van der Waals surface area contributed by atoms with Crippen molar-refractivity contribution in [1.29, 1.82) is 0 Å². The van der Waals surface area contributed by atoms with Gasteiger partial charge in [0.1, 0.15) is 5.71 Å². The Morgan fingerprint density at radius 3 is 2.89 bits per heavy atom. The number of rotatable bonds is 2. The third kappa shape index (κ3) is 2.78. The molecule has 6 nitrogen and oxygen atoms in total. The molecule has 100 valence electrons. The van der Waals surface area contributed by atoms with Gasteiger partial charge in [0.2, 0.25) is 6.41 Å². The normalized spacial score (nSPS) is 23.9. The van der Waals surface area contributed by atoms with Crippen LogP contribution in [0, 0.1) is 6.92 Å². The first kappa shape index (κ1) is 13.2. The van der Waals surface area contributed by atoms with Gasteiger partial charge in [-0.15, -0.1) is 0 Å². The van der Waals surface area contributed by atoms with Crippen LogP contribution < -0.4 is 5.84 Å². The number of amides is 1. The Bertz CT molecular complexity index is 520. The highest BCUT2D eigenvalue weighted by Gasteiger charge is 2.28. The van der Waals surface area contributed by atoms with Crippen LogP contribution in [0.4, 0.5) is 5.82 Å². The van der Waals surface area contributed by atoms with Crippen LogP contribution in [-0.4, -0.2) is 40.3 Å². The molecule has 1 unspecified atom stereocenters. The Morgan fingerprint density at radius 1 is 1.53 bits per heavy atom. The maximum atomic E-state index is 10.9. The van der Waals surface area contributed by atoms with Crippen molar-refractivity contribution in [3.8, 4) is 0 Å². The van der Waals surface area contributed by atoms with Crippen molar-refractivity contribution in [2.24, 2.45) is 15.9 Å². The molecule has 1 fully saturated rings. The second-order valence-electron chi connectivity index (χ2n) is 4.54. The molecule has 2 rings (SSSR count). The first-order valence-corrected chi connectivity index (χ1v) is 6.15. The van der Waals surface area contributed by atoms with Crippen LogP contribution in [0.15, 0.2) is 28.4 Å². The molecule has 0 radical (unpaired) electrons. The average Bonchev–Trinajstić information content (AvgIpc) is 2.42. The molecule has 1 amide bonds. The highest BCUT2D eigenvalue weighted by Crippen LogP contribution is 2.16. The van der Waals surface area contributed by atoms with Crippen LogP contribution in [0.3, 0.4) is 0 Å². The van der Waals surface area contributed by atoms with Crippen LogP contribution in [0.2, 0.25) is 0 Å². The lowest BCUT2D eigenvalue weighted by Gasteiger charge is -2.31. The lowest BCUT2D eigenvalue weighted by molar-refractivity contribution is -0.118. The summed E-state index contributed by atoms with van der Waals surface area (Å²) in [6.45, 7) is 4.48. The second kappa shape index (κ2) is 5.60. The molecule has 0 aliphatic carbocycles. The van der Waals surface area contributed by atoms with Crippen molar-refractivity contribution in [3.05, 3.63) is 23.9 Å². The standard InChI is InChI=1S/C13H17N5O/c1-9-3-4-12(15-7-9)16-11-5-6-18(8-19)10(2)13(11)17-14/h3-4,7-8,10H,5-6,14H2,1-2H3. The zero-order valence-corrected chi connectivity index (χ0v) is 11.1. The average molecular weight is 259 g/mol. The molecule has 1 aliphatic heterocycles. The molecule has 1 saturated heterocycles. The van der Waals surface area contributed by atoms with E-state index >= 15 is 0 Å². The van der Waals surface area contributed by atoms with Crippen molar-refractivity contribution in [1.82, 2.24) is 9.88 Å². The van der Waals surface area contributed by atoms with Gasteiger partial charge in [0, 0.05) is 19.2 Å². The summed E-state index contributed by atoms with van der Waals surface area (Å²) in [7, 11) is 0. The summed E-state index contributed by atoms with van der Waals surface area (Å²) in [6, 6.07) is 3.66. The van der Waals surface area contributed by atoms with E-state index < -0.39 is 0 Å². The Morgan fingerprint density at radius 2 is 2.32 bits per heavy atom. The fourth-order valence-corrected chi connectivity index (χ4v) is 2.06. The fourth-order valence-electron chi connectivity index (χ4n) is 2.06. The maximum Gasteiger partial charge on any atom is 0.210 e. The van der Waals surface area contributed by atoms with Crippen molar-refractivity contribution in [3.63, 3.8) is 0 Å². The predicted molar refractivity (Wildman–Crippen MR) is 74.5 cm³/mol. The summed E-state index contributed by atoms with van der Waals surface area (Å²) < 4.78 is 0. The molecule has 0 bridgehead atoms. The van der Waals surface area contributed by atoms with E-state index in [1.54, 1.807) is 11.1 Å². The van der Waals surface area contributed by atoms with Gasteiger partial charge in [-0.05, 0) is 25.5 Å². The van der Waals surface area contributed by atoms with E-state index in [2.05, 4.69) is 15.1 Å². The fraction of sp³-hybridized carbons (Fsp3) is 0.385. The zero-order valence-electron chi connectivity index (χ0n) is 11.1. The van der Waals surface area contributed by atoms with Crippen molar-refractivity contribution in [2.75, 3.05) is 6.54 Å². The number of pyridine rings is 1. The lowest BCUT2D eigenvalue weighted by atomic mass is 9.99. The van der Waals surface area contributed by atoms with E-state index in [1.165, 1.54) is 0 Å². The smallest absolute Gasteiger partial charge is 0.210 e. The molecule has 19 heavy (non-hydrogen) atoms. The second-order valence-corrected chi connectivity index (χ2v) is 4.54. The Hall–Kier alpha value is -2.24. The third-order valence-corrected chi connectivity index (χ3v) is 3.22. The largest absolute Gasteiger partial charge is 0.336 e. The number of hydrogen-bond acceptors (Lipinski definition) is 5. The highest BCUT2D eigenvalue weighted by atomic mass is 16.1. The van der Waals surface area contributed by atoms with Gasteiger partial charge in [0.15, 0.2) is 5.82 Å². The lowest BCUT2D eigenvalue weighted by Crippen LogP contribution is -2.48. The number of piperidine rings is 1. The molecular formula is C13H17N5O. The third-order valence-electron chi connectivity index (χ3n) is 3.22. The van der Waals surface area contributed by atoms with E-state index in [-0.39, 0.29) is 6.04 Å². The van der Waals surface area contributed by atoms with Gasteiger partial charge in [-0.3, -0.25) is 4.79 Å². The number of hydrazone groups is 1. The molecule has 2 N–H and O–H groups in total. The predicted octanol–water partition coefficient (Wildman–Crippen LogP) is 1.03. The van der Waals surface area contributed by atoms with Crippen LogP contribution in [0.25, 0.3) is 0 Å². The highest BCUT2D eigenvalue weighted by molar-refractivity contribution is 6.45. The maximum absolute atomic E-state index is 10.9. The minimum atomic E-state index is -0.152. The van der Waals surface area contributed by atoms with Crippen LogP contribution in [0.1, 0.15) is 18.9 Å². The number of carbonyl (C=O) groups is 1. The van der Waals surface area contributed by atoms with Gasteiger partial charge >= 0.3 is 0 Å². The molecule has 0 spiro atoms. The van der Waals surface area contributed by atoms with E-state index in [1.807, 2.05) is 26.0 Å². The van der Waals surface area contributed by atoms with Crippen LogP contribution in [-0.2, 0) is 4.79 Å².